The van der Waals surface area contributed by atoms with Crippen molar-refractivity contribution >= 4 is 16.1 Å². The molecule has 2 amide bonds. The maximum atomic E-state index is 12.7. The molecule has 0 aliphatic carbocycles. The van der Waals surface area contributed by atoms with Gasteiger partial charge in [0.15, 0.2) is 0 Å². The zero-order valence-electron chi connectivity index (χ0n) is 12.8. The third-order valence-corrected chi connectivity index (χ3v) is 5.13. The van der Waals surface area contributed by atoms with Crippen molar-refractivity contribution in [3.63, 3.8) is 0 Å². The first-order chi connectivity index (χ1) is 10.4. The van der Waals surface area contributed by atoms with Crippen LogP contribution < -0.4 is 10.6 Å². The molecule has 1 aromatic carbocycles. The molecule has 0 bridgehead atoms. The molecular formula is C14H22FN3O3S. The highest BCUT2D eigenvalue weighted by Gasteiger charge is 2.18. The van der Waals surface area contributed by atoms with Crippen molar-refractivity contribution in [2.24, 2.45) is 0 Å². The number of amides is 2. The maximum Gasteiger partial charge on any atom is 0.315 e. The second-order valence-electron chi connectivity index (χ2n) is 4.64. The Balaban J connectivity index is 2.33. The minimum atomic E-state index is -3.34. The molecule has 22 heavy (non-hydrogen) atoms. The van der Waals surface area contributed by atoms with Crippen LogP contribution in [0.25, 0.3) is 0 Å². The summed E-state index contributed by atoms with van der Waals surface area (Å²) < 4.78 is 37.9. The van der Waals surface area contributed by atoms with Crippen molar-refractivity contribution in [1.82, 2.24) is 14.9 Å². The van der Waals surface area contributed by atoms with Gasteiger partial charge in [-0.3, -0.25) is 0 Å². The lowest BCUT2D eigenvalue weighted by Gasteiger charge is -2.18. The Hall–Kier alpha value is -1.67. The first-order valence-corrected chi connectivity index (χ1v) is 8.74. The zero-order chi connectivity index (χ0) is 16.6. The monoisotopic (exact) mass is 331 g/mol. The van der Waals surface area contributed by atoms with Crippen LogP contribution in [0, 0.1) is 5.82 Å². The van der Waals surface area contributed by atoms with E-state index in [0.29, 0.717) is 13.1 Å². The Kier molecular flexibility index (Phi) is 7.26. The second-order valence-corrected chi connectivity index (χ2v) is 6.72. The summed E-state index contributed by atoms with van der Waals surface area (Å²) in [4.78, 5) is 11.6. The molecule has 0 aliphatic heterocycles. The van der Waals surface area contributed by atoms with Gasteiger partial charge in [0.2, 0.25) is 10.0 Å². The summed E-state index contributed by atoms with van der Waals surface area (Å²) >= 11 is 0. The largest absolute Gasteiger partial charge is 0.337 e. The molecule has 0 fully saturated rings. The molecule has 124 valence electrons. The molecule has 6 nitrogen and oxygen atoms in total. The number of sulfonamides is 1. The number of carbonyl (C=O) groups excluding carboxylic acids is 1. The van der Waals surface area contributed by atoms with Crippen LogP contribution in [-0.2, 0) is 16.6 Å². The van der Waals surface area contributed by atoms with E-state index >= 15 is 0 Å². The molecule has 0 heterocycles. The molecule has 0 atom stereocenters. The molecular weight excluding hydrogens is 309 g/mol. The summed E-state index contributed by atoms with van der Waals surface area (Å²) in [5.41, 5.74) is 0.757. The molecule has 1 rings (SSSR count). The van der Waals surface area contributed by atoms with E-state index in [1.54, 1.807) is 26.0 Å². The minimum absolute atomic E-state index is 0.0358. The van der Waals surface area contributed by atoms with Crippen LogP contribution in [0.5, 0.6) is 0 Å². The van der Waals surface area contributed by atoms with Crippen molar-refractivity contribution < 1.29 is 17.6 Å². The number of nitrogens with zero attached hydrogens (tertiary/aromatic N) is 1. The quantitative estimate of drug-likeness (QED) is 0.753. The van der Waals surface area contributed by atoms with Crippen molar-refractivity contribution in [1.29, 1.82) is 0 Å². The van der Waals surface area contributed by atoms with Gasteiger partial charge in [0.1, 0.15) is 5.82 Å². The van der Waals surface area contributed by atoms with E-state index in [9.17, 15) is 17.6 Å². The Morgan fingerprint density at radius 3 is 2.27 bits per heavy atom. The summed E-state index contributed by atoms with van der Waals surface area (Å²) in [6.07, 6.45) is 0. The lowest BCUT2D eigenvalue weighted by atomic mass is 10.2. The van der Waals surface area contributed by atoms with Gasteiger partial charge in [0, 0.05) is 26.2 Å². The van der Waals surface area contributed by atoms with Crippen LogP contribution in [0.3, 0.4) is 0 Å². The van der Waals surface area contributed by atoms with Gasteiger partial charge in [0.05, 0.1) is 5.75 Å². The zero-order valence-corrected chi connectivity index (χ0v) is 13.6. The molecule has 0 aromatic heterocycles. The Labute approximate surface area is 130 Å². The van der Waals surface area contributed by atoms with Crippen LogP contribution in [0.15, 0.2) is 24.3 Å². The third kappa shape index (κ3) is 5.98. The van der Waals surface area contributed by atoms with E-state index in [1.165, 1.54) is 16.4 Å². The highest BCUT2D eigenvalue weighted by Crippen LogP contribution is 2.02. The van der Waals surface area contributed by atoms with Crippen LogP contribution in [0.1, 0.15) is 19.4 Å². The van der Waals surface area contributed by atoms with E-state index in [2.05, 4.69) is 10.6 Å². The SMILES string of the molecule is CCN(CC)S(=O)(=O)CCNC(=O)NCc1ccc(F)cc1. The summed E-state index contributed by atoms with van der Waals surface area (Å²) in [5, 5.41) is 5.07. The van der Waals surface area contributed by atoms with Crippen molar-refractivity contribution in [3.05, 3.63) is 35.6 Å². The second kappa shape index (κ2) is 8.70. The predicted octanol–water partition coefficient (Wildman–Crippen LogP) is 1.30. The average Bonchev–Trinajstić information content (AvgIpc) is 2.47. The van der Waals surface area contributed by atoms with Gasteiger partial charge >= 0.3 is 6.03 Å². The van der Waals surface area contributed by atoms with Gasteiger partial charge in [-0.1, -0.05) is 26.0 Å². The smallest absolute Gasteiger partial charge is 0.315 e. The van der Waals surface area contributed by atoms with Crippen LogP contribution in [0.2, 0.25) is 0 Å². The first-order valence-electron chi connectivity index (χ1n) is 7.13. The number of benzene rings is 1. The molecule has 1 aromatic rings. The number of hydrogen-bond donors (Lipinski definition) is 2. The lowest BCUT2D eigenvalue weighted by molar-refractivity contribution is 0.241. The number of rotatable bonds is 8. The summed E-state index contributed by atoms with van der Waals surface area (Å²) in [6.45, 7) is 4.64. The molecule has 0 saturated carbocycles. The van der Waals surface area contributed by atoms with Crippen molar-refractivity contribution in [2.45, 2.75) is 20.4 Å². The van der Waals surface area contributed by atoms with Crippen molar-refractivity contribution in [2.75, 3.05) is 25.4 Å². The molecule has 8 heteroatoms. The van der Waals surface area contributed by atoms with Crippen molar-refractivity contribution in [3.8, 4) is 0 Å². The summed E-state index contributed by atoms with van der Waals surface area (Å²) in [7, 11) is -3.34. The van der Waals surface area contributed by atoms with Crippen LogP contribution in [0.4, 0.5) is 9.18 Å². The van der Waals surface area contributed by atoms with E-state index in [0.717, 1.165) is 5.56 Å². The molecule has 0 aliphatic rings. The topological polar surface area (TPSA) is 78.5 Å². The molecule has 0 radical (unpaired) electrons. The molecule has 0 saturated heterocycles. The highest BCUT2D eigenvalue weighted by molar-refractivity contribution is 7.89. The third-order valence-electron chi connectivity index (χ3n) is 3.11. The van der Waals surface area contributed by atoms with Gasteiger partial charge in [-0.05, 0) is 17.7 Å². The molecule has 0 spiro atoms. The fourth-order valence-corrected chi connectivity index (χ4v) is 3.29. The first kappa shape index (κ1) is 18.4. The summed E-state index contributed by atoms with van der Waals surface area (Å²) in [6, 6.07) is 5.30. The number of halogens is 1. The van der Waals surface area contributed by atoms with E-state index < -0.39 is 16.1 Å². The standard InChI is InChI=1S/C14H22FN3O3S/c1-3-18(4-2)22(20,21)10-9-16-14(19)17-11-12-5-7-13(15)8-6-12/h5-8H,3-4,9-11H2,1-2H3,(H2,16,17,19). The Bertz CT molecular complexity index is 572. The molecule has 2 N–H and O–H groups in total. The highest BCUT2D eigenvalue weighted by atomic mass is 32.2. The van der Waals surface area contributed by atoms with Gasteiger partial charge in [0.25, 0.3) is 0 Å². The van der Waals surface area contributed by atoms with E-state index in [-0.39, 0.29) is 24.7 Å². The number of urea groups is 1. The Morgan fingerprint density at radius 1 is 1.14 bits per heavy atom. The van der Waals surface area contributed by atoms with Crippen LogP contribution in [-0.4, -0.2) is 44.1 Å². The fourth-order valence-electron chi connectivity index (χ4n) is 1.89. The summed E-state index contributed by atoms with van der Waals surface area (Å²) in [5.74, 6) is -0.478. The number of hydrogen-bond acceptors (Lipinski definition) is 3. The van der Waals surface area contributed by atoms with Gasteiger partial charge in [-0.25, -0.2) is 21.9 Å². The predicted molar refractivity (Wildman–Crippen MR) is 83.3 cm³/mol. The van der Waals surface area contributed by atoms with E-state index in [1.807, 2.05) is 0 Å². The normalized spacial score (nSPS) is 11.5. The average molecular weight is 331 g/mol. The molecule has 0 unspecified atom stereocenters. The fraction of sp³-hybridized carbons (Fsp3) is 0.500. The van der Waals surface area contributed by atoms with Gasteiger partial charge in [-0.2, -0.15) is 0 Å². The minimum Gasteiger partial charge on any atom is -0.337 e. The van der Waals surface area contributed by atoms with Crippen LogP contribution >= 0.6 is 0 Å². The lowest BCUT2D eigenvalue weighted by Crippen LogP contribution is -2.40. The maximum absolute atomic E-state index is 12.7. The van der Waals surface area contributed by atoms with Gasteiger partial charge in [-0.15, -0.1) is 0 Å². The number of carbonyl (C=O) groups is 1. The number of nitrogens with one attached hydrogen (secondary N) is 2. The van der Waals surface area contributed by atoms with E-state index in [4.69, 9.17) is 0 Å². The Morgan fingerprint density at radius 2 is 1.73 bits per heavy atom. The van der Waals surface area contributed by atoms with Gasteiger partial charge < -0.3 is 10.6 Å².